The molecule has 9 heteroatoms. The van der Waals surface area contributed by atoms with Crippen molar-refractivity contribution in [3.63, 3.8) is 0 Å². The molecule has 0 fully saturated rings. The Bertz CT molecular complexity index is 742. The number of pyridine rings is 1. The average Bonchev–Trinajstić information content (AvgIpc) is 2.41. The number of amides is 1. The van der Waals surface area contributed by atoms with Gasteiger partial charge < -0.3 is 5.32 Å². The van der Waals surface area contributed by atoms with E-state index >= 15 is 0 Å². The maximum atomic E-state index is 13.0. The van der Waals surface area contributed by atoms with Gasteiger partial charge in [0.15, 0.2) is 0 Å². The Kier molecular flexibility index (Phi) is 4.49. The van der Waals surface area contributed by atoms with Crippen molar-refractivity contribution in [2.75, 3.05) is 5.32 Å². The summed E-state index contributed by atoms with van der Waals surface area (Å²) >= 11 is 8.73. The van der Waals surface area contributed by atoms with Gasteiger partial charge in [-0.25, -0.2) is 9.37 Å². The summed E-state index contributed by atoms with van der Waals surface area (Å²) in [5, 5.41) is 13.3. The summed E-state index contributed by atoms with van der Waals surface area (Å²) in [5.74, 6) is -1.24. The molecule has 0 saturated carbocycles. The largest absolute Gasteiger partial charge is 0.321 e. The maximum Gasteiger partial charge on any atom is 0.300 e. The molecule has 0 spiro atoms. The summed E-state index contributed by atoms with van der Waals surface area (Å²) in [6, 6.07) is 4.72. The Balaban J connectivity index is 2.36. The molecule has 0 saturated heterocycles. The molecule has 0 bridgehead atoms. The van der Waals surface area contributed by atoms with Crippen LogP contribution >= 0.6 is 27.5 Å². The van der Waals surface area contributed by atoms with E-state index in [0.29, 0.717) is 4.47 Å². The smallest absolute Gasteiger partial charge is 0.300 e. The standard InChI is InChI=1S/C12H6BrClFN3O3/c13-8-3-6(15)1-2-9(8)17-12(19)7-4-11(14)16-5-10(7)18(20)21/h1-5H,(H,17,19). The van der Waals surface area contributed by atoms with E-state index in [-0.39, 0.29) is 16.4 Å². The van der Waals surface area contributed by atoms with Crippen molar-refractivity contribution in [2.24, 2.45) is 0 Å². The number of carbonyl (C=O) groups excluding carboxylic acids is 1. The predicted octanol–water partition coefficient (Wildman–Crippen LogP) is 3.80. The minimum atomic E-state index is -0.752. The van der Waals surface area contributed by atoms with E-state index in [2.05, 4.69) is 26.2 Å². The molecule has 1 amide bonds. The molecule has 1 N–H and O–H groups in total. The molecule has 6 nitrogen and oxygen atoms in total. The molecule has 0 atom stereocenters. The number of halogens is 3. The lowest BCUT2D eigenvalue weighted by molar-refractivity contribution is -0.385. The summed E-state index contributed by atoms with van der Waals surface area (Å²) in [6.45, 7) is 0. The van der Waals surface area contributed by atoms with Gasteiger partial charge in [0, 0.05) is 4.47 Å². The first-order valence-electron chi connectivity index (χ1n) is 5.45. The number of nitro groups is 1. The summed E-state index contributed by atoms with van der Waals surface area (Å²) in [6.07, 6.45) is 0.900. The second kappa shape index (κ2) is 6.15. The molecular formula is C12H6BrClFN3O3. The number of nitrogens with one attached hydrogen (secondary N) is 1. The minimum Gasteiger partial charge on any atom is -0.321 e. The molecule has 0 aliphatic heterocycles. The SMILES string of the molecule is O=C(Nc1ccc(F)cc1Br)c1cc(Cl)ncc1[N+](=O)[O-]. The van der Waals surface area contributed by atoms with Crippen LogP contribution in [0.5, 0.6) is 0 Å². The number of nitrogens with zero attached hydrogens (tertiary/aromatic N) is 2. The second-order valence-electron chi connectivity index (χ2n) is 3.86. The quantitative estimate of drug-likeness (QED) is 0.503. The number of hydrogen-bond donors (Lipinski definition) is 1. The third-order valence-electron chi connectivity index (χ3n) is 2.47. The highest BCUT2D eigenvalue weighted by Crippen LogP contribution is 2.26. The highest BCUT2D eigenvalue weighted by molar-refractivity contribution is 9.10. The fourth-order valence-corrected chi connectivity index (χ4v) is 2.14. The molecule has 0 radical (unpaired) electrons. The molecule has 108 valence electrons. The number of anilines is 1. The van der Waals surface area contributed by atoms with Crippen molar-refractivity contribution in [2.45, 2.75) is 0 Å². The maximum absolute atomic E-state index is 13.0. The van der Waals surface area contributed by atoms with Gasteiger partial charge in [0.05, 0.1) is 10.6 Å². The lowest BCUT2D eigenvalue weighted by atomic mass is 10.2. The fourth-order valence-electron chi connectivity index (χ4n) is 1.53. The van der Waals surface area contributed by atoms with Crippen LogP contribution in [0.2, 0.25) is 5.15 Å². The molecule has 2 aromatic rings. The molecule has 1 aromatic carbocycles. The topological polar surface area (TPSA) is 85.1 Å². The van der Waals surface area contributed by atoms with E-state index in [0.717, 1.165) is 24.4 Å². The molecule has 0 unspecified atom stereocenters. The van der Waals surface area contributed by atoms with Gasteiger partial charge in [-0.15, -0.1) is 0 Å². The van der Waals surface area contributed by atoms with E-state index in [4.69, 9.17) is 11.6 Å². The zero-order chi connectivity index (χ0) is 15.6. The predicted molar refractivity (Wildman–Crippen MR) is 78.0 cm³/mol. The van der Waals surface area contributed by atoms with Gasteiger partial charge >= 0.3 is 0 Å². The lowest BCUT2D eigenvalue weighted by Crippen LogP contribution is -2.14. The molecular weight excluding hydrogens is 369 g/mol. The minimum absolute atomic E-state index is 0.0519. The lowest BCUT2D eigenvalue weighted by Gasteiger charge is -2.08. The Labute approximate surface area is 131 Å². The Morgan fingerprint density at radius 1 is 1.43 bits per heavy atom. The Hall–Kier alpha value is -2.06. The molecule has 2 rings (SSSR count). The van der Waals surface area contributed by atoms with E-state index in [1.54, 1.807) is 0 Å². The van der Waals surface area contributed by atoms with Gasteiger partial charge in [-0.2, -0.15) is 0 Å². The molecule has 0 aliphatic rings. The number of benzene rings is 1. The third-order valence-corrected chi connectivity index (χ3v) is 3.33. The highest BCUT2D eigenvalue weighted by Gasteiger charge is 2.22. The van der Waals surface area contributed by atoms with Gasteiger partial charge in [0.25, 0.3) is 11.6 Å². The summed E-state index contributed by atoms with van der Waals surface area (Å²) in [5.41, 5.74) is -0.449. The first-order valence-corrected chi connectivity index (χ1v) is 6.62. The van der Waals surface area contributed by atoms with Crippen molar-refractivity contribution in [1.82, 2.24) is 4.98 Å². The van der Waals surface area contributed by atoms with Crippen LogP contribution < -0.4 is 5.32 Å². The van der Waals surface area contributed by atoms with E-state index < -0.39 is 22.3 Å². The molecule has 21 heavy (non-hydrogen) atoms. The number of aromatic nitrogens is 1. The second-order valence-corrected chi connectivity index (χ2v) is 5.10. The van der Waals surface area contributed by atoms with Crippen LogP contribution in [0, 0.1) is 15.9 Å². The molecule has 1 aromatic heterocycles. The molecule has 1 heterocycles. The monoisotopic (exact) mass is 373 g/mol. The van der Waals surface area contributed by atoms with Crippen LogP contribution in [0.25, 0.3) is 0 Å². The van der Waals surface area contributed by atoms with Crippen LogP contribution in [-0.4, -0.2) is 15.8 Å². The number of carbonyl (C=O) groups is 1. The van der Waals surface area contributed by atoms with Gasteiger partial charge in [0.2, 0.25) is 0 Å². The Morgan fingerprint density at radius 3 is 2.76 bits per heavy atom. The zero-order valence-corrected chi connectivity index (χ0v) is 12.5. The van der Waals surface area contributed by atoms with Crippen molar-refractivity contribution in [3.05, 3.63) is 61.6 Å². The van der Waals surface area contributed by atoms with Gasteiger partial charge in [-0.3, -0.25) is 14.9 Å². The number of hydrogen-bond acceptors (Lipinski definition) is 4. The van der Waals surface area contributed by atoms with E-state index in [9.17, 15) is 19.3 Å². The van der Waals surface area contributed by atoms with Gasteiger partial charge in [-0.05, 0) is 40.2 Å². The molecule has 0 aliphatic carbocycles. The summed E-state index contributed by atoms with van der Waals surface area (Å²) in [4.78, 5) is 25.8. The van der Waals surface area contributed by atoms with Crippen molar-refractivity contribution in [3.8, 4) is 0 Å². The Morgan fingerprint density at radius 2 is 2.14 bits per heavy atom. The van der Waals surface area contributed by atoms with Crippen LogP contribution in [0.15, 0.2) is 34.9 Å². The average molecular weight is 375 g/mol. The van der Waals surface area contributed by atoms with Crippen LogP contribution in [-0.2, 0) is 0 Å². The van der Waals surface area contributed by atoms with E-state index in [1.165, 1.54) is 6.07 Å². The van der Waals surface area contributed by atoms with Crippen molar-refractivity contribution >= 4 is 44.8 Å². The normalized spacial score (nSPS) is 10.2. The van der Waals surface area contributed by atoms with Crippen LogP contribution in [0.3, 0.4) is 0 Å². The highest BCUT2D eigenvalue weighted by atomic mass is 79.9. The summed E-state index contributed by atoms with van der Waals surface area (Å²) < 4.78 is 13.3. The first kappa shape index (κ1) is 15.3. The summed E-state index contributed by atoms with van der Waals surface area (Å²) in [7, 11) is 0. The van der Waals surface area contributed by atoms with Crippen molar-refractivity contribution in [1.29, 1.82) is 0 Å². The van der Waals surface area contributed by atoms with Gasteiger partial charge in [-0.1, -0.05) is 11.6 Å². The third kappa shape index (κ3) is 3.53. The van der Waals surface area contributed by atoms with Crippen LogP contribution in [0.4, 0.5) is 15.8 Å². The fraction of sp³-hybridized carbons (Fsp3) is 0. The van der Waals surface area contributed by atoms with E-state index in [1.807, 2.05) is 0 Å². The van der Waals surface area contributed by atoms with Crippen molar-refractivity contribution < 1.29 is 14.1 Å². The number of rotatable bonds is 3. The van der Waals surface area contributed by atoms with Gasteiger partial charge in [0.1, 0.15) is 22.7 Å². The van der Waals surface area contributed by atoms with Crippen LogP contribution in [0.1, 0.15) is 10.4 Å². The first-order chi connectivity index (χ1) is 9.88. The zero-order valence-electron chi connectivity index (χ0n) is 10.1.